The number of amides is 2. The predicted octanol–water partition coefficient (Wildman–Crippen LogP) is 3.48. The van der Waals surface area contributed by atoms with Crippen LogP contribution in [0.2, 0.25) is 0 Å². The van der Waals surface area contributed by atoms with Crippen LogP contribution in [0, 0.1) is 11.3 Å². The molecule has 2 fully saturated rings. The maximum absolute atomic E-state index is 13.8. The molecule has 6 N–H and O–H groups in total. The maximum atomic E-state index is 13.8. The summed E-state index contributed by atoms with van der Waals surface area (Å²) in [6.07, 6.45) is 6.84. The van der Waals surface area contributed by atoms with Crippen LogP contribution in [0.1, 0.15) is 56.1 Å². The Balaban J connectivity index is 0.00000204. The van der Waals surface area contributed by atoms with Gasteiger partial charge in [0.05, 0.1) is 6.54 Å². The molecular formula is C25H35Cl2N5O2. The molecule has 1 heterocycles. The van der Waals surface area contributed by atoms with Gasteiger partial charge in [0.1, 0.15) is 11.4 Å². The van der Waals surface area contributed by atoms with Crippen LogP contribution in [0.25, 0.3) is 10.8 Å². The average Bonchev–Trinajstić information content (AvgIpc) is 3.28. The monoisotopic (exact) mass is 507 g/mol. The second kappa shape index (κ2) is 11.9. The number of nitrogen functional groups attached to an aromatic ring is 1. The predicted molar refractivity (Wildman–Crippen MR) is 141 cm³/mol. The minimum atomic E-state index is -0.800. The number of carbonyl (C=O) groups is 2. The molecule has 1 aliphatic heterocycles. The summed E-state index contributed by atoms with van der Waals surface area (Å²) < 4.78 is 0. The van der Waals surface area contributed by atoms with Crippen molar-refractivity contribution in [3.8, 4) is 0 Å². The Labute approximate surface area is 213 Å². The average molecular weight is 508 g/mol. The van der Waals surface area contributed by atoms with Gasteiger partial charge in [-0.15, -0.1) is 24.8 Å². The molecule has 1 saturated heterocycles. The number of benzene rings is 2. The van der Waals surface area contributed by atoms with Crippen LogP contribution in [0.5, 0.6) is 0 Å². The molecule has 2 aromatic carbocycles. The van der Waals surface area contributed by atoms with E-state index in [1.165, 1.54) is 6.42 Å². The Morgan fingerprint density at radius 2 is 1.71 bits per heavy atom. The second-order valence-electron chi connectivity index (χ2n) is 9.03. The van der Waals surface area contributed by atoms with E-state index in [0.29, 0.717) is 25.1 Å². The van der Waals surface area contributed by atoms with Crippen molar-refractivity contribution in [2.45, 2.75) is 57.0 Å². The van der Waals surface area contributed by atoms with Crippen LogP contribution in [0.3, 0.4) is 0 Å². The number of hydrogen-bond donors (Lipinski definition) is 4. The molecule has 186 valence electrons. The highest BCUT2D eigenvalue weighted by molar-refractivity contribution is 6.08. The van der Waals surface area contributed by atoms with Gasteiger partial charge in [0.15, 0.2) is 0 Å². The number of rotatable bonds is 6. The molecule has 1 saturated carbocycles. The number of halogens is 2. The quantitative estimate of drug-likeness (QED) is 0.352. The highest BCUT2D eigenvalue weighted by Gasteiger charge is 2.54. The molecule has 2 aliphatic rings. The highest BCUT2D eigenvalue weighted by atomic mass is 35.5. The van der Waals surface area contributed by atoms with E-state index < -0.39 is 5.54 Å². The minimum Gasteiger partial charge on any atom is -0.384 e. The number of carbonyl (C=O) groups excluding carboxylic acids is 2. The molecule has 0 unspecified atom stereocenters. The molecule has 1 aliphatic carbocycles. The lowest BCUT2D eigenvalue weighted by molar-refractivity contribution is -0.148. The van der Waals surface area contributed by atoms with E-state index >= 15 is 0 Å². The van der Waals surface area contributed by atoms with Crippen molar-refractivity contribution in [1.82, 2.24) is 10.2 Å². The zero-order valence-electron chi connectivity index (χ0n) is 19.3. The molecular weight excluding hydrogens is 473 g/mol. The van der Waals surface area contributed by atoms with Crippen molar-refractivity contribution in [3.63, 3.8) is 0 Å². The summed E-state index contributed by atoms with van der Waals surface area (Å²) in [5.41, 5.74) is 12.3. The van der Waals surface area contributed by atoms with Gasteiger partial charge in [-0.25, -0.2) is 0 Å². The third-order valence-electron chi connectivity index (χ3n) is 7.31. The Morgan fingerprint density at radius 3 is 2.35 bits per heavy atom. The minimum absolute atomic E-state index is 0. The number of nitrogens with two attached hydrogens (primary N) is 2. The van der Waals surface area contributed by atoms with Crippen LogP contribution in [0.15, 0.2) is 36.4 Å². The van der Waals surface area contributed by atoms with E-state index in [9.17, 15) is 9.59 Å². The molecule has 2 amide bonds. The summed E-state index contributed by atoms with van der Waals surface area (Å²) in [6.45, 7) is 0.881. The van der Waals surface area contributed by atoms with E-state index in [4.69, 9.17) is 16.9 Å². The van der Waals surface area contributed by atoms with E-state index in [2.05, 4.69) is 5.32 Å². The molecule has 1 atom stereocenters. The molecule has 0 bridgehead atoms. The summed E-state index contributed by atoms with van der Waals surface area (Å²) in [4.78, 5) is 28.3. The number of nitrogens with zero attached hydrogens (tertiary/aromatic N) is 1. The number of likely N-dealkylation sites (tertiary alicyclic amines) is 1. The fourth-order valence-electron chi connectivity index (χ4n) is 5.80. The molecule has 0 aromatic heterocycles. The first kappa shape index (κ1) is 27.9. The van der Waals surface area contributed by atoms with Gasteiger partial charge in [-0.3, -0.25) is 15.0 Å². The standard InChI is InChI=1S/C25H33N5O2.2ClH/c26-15-22(31)30-14-6-13-25(30,18-7-2-1-3-8-18)24(32)29-16-17-11-12-21(23(27)28)20-10-5-4-9-19(17)20;;/h4-5,9-12,18H,1-3,6-8,13-16,26H2,(H3,27,28)(H,29,32);2*1H/t25-;;/m1../s1. The summed E-state index contributed by atoms with van der Waals surface area (Å²) in [6, 6.07) is 11.6. The number of amidine groups is 1. The van der Waals surface area contributed by atoms with Crippen LogP contribution in [0.4, 0.5) is 0 Å². The molecule has 7 nitrogen and oxygen atoms in total. The van der Waals surface area contributed by atoms with E-state index in [1.807, 2.05) is 36.4 Å². The van der Waals surface area contributed by atoms with Crippen molar-refractivity contribution < 1.29 is 9.59 Å². The Bertz CT molecular complexity index is 1040. The molecule has 9 heteroatoms. The second-order valence-corrected chi connectivity index (χ2v) is 9.03. The van der Waals surface area contributed by atoms with E-state index in [-0.39, 0.29) is 54.9 Å². The van der Waals surface area contributed by atoms with Gasteiger partial charge in [-0.2, -0.15) is 0 Å². The van der Waals surface area contributed by atoms with Crippen LogP contribution in [-0.2, 0) is 16.1 Å². The van der Waals surface area contributed by atoms with Gasteiger partial charge in [0.2, 0.25) is 11.8 Å². The maximum Gasteiger partial charge on any atom is 0.246 e. The van der Waals surface area contributed by atoms with Gasteiger partial charge in [-0.05, 0) is 47.9 Å². The van der Waals surface area contributed by atoms with Crippen molar-refractivity contribution in [2.24, 2.45) is 17.4 Å². The summed E-state index contributed by atoms with van der Waals surface area (Å²) in [5, 5.41) is 12.9. The van der Waals surface area contributed by atoms with Gasteiger partial charge in [-0.1, -0.05) is 55.7 Å². The lowest BCUT2D eigenvalue weighted by Crippen LogP contribution is -2.62. The SMILES string of the molecule is Cl.Cl.N=C(N)c1ccc(CNC(=O)[C@]2(C3CCCCC3)CCCN2C(=O)CN)c2ccccc12. The van der Waals surface area contributed by atoms with Gasteiger partial charge in [0, 0.05) is 18.7 Å². The van der Waals surface area contributed by atoms with Crippen molar-refractivity contribution in [3.05, 3.63) is 47.5 Å². The largest absolute Gasteiger partial charge is 0.384 e. The van der Waals surface area contributed by atoms with Crippen LogP contribution >= 0.6 is 24.8 Å². The van der Waals surface area contributed by atoms with E-state index in [1.54, 1.807) is 4.90 Å². The molecule has 0 radical (unpaired) electrons. The Hall–Kier alpha value is -2.35. The smallest absolute Gasteiger partial charge is 0.246 e. The summed E-state index contributed by atoms with van der Waals surface area (Å²) >= 11 is 0. The van der Waals surface area contributed by atoms with Crippen molar-refractivity contribution in [2.75, 3.05) is 13.1 Å². The van der Waals surface area contributed by atoms with Gasteiger partial charge < -0.3 is 21.7 Å². The van der Waals surface area contributed by atoms with Crippen LogP contribution < -0.4 is 16.8 Å². The van der Waals surface area contributed by atoms with Crippen molar-refractivity contribution in [1.29, 1.82) is 5.41 Å². The normalized spacial score (nSPS) is 20.3. The highest BCUT2D eigenvalue weighted by Crippen LogP contribution is 2.43. The van der Waals surface area contributed by atoms with Gasteiger partial charge in [0.25, 0.3) is 0 Å². The zero-order valence-corrected chi connectivity index (χ0v) is 21.0. The van der Waals surface area contributed by atoms with Crippen LogP contribution in [-0.4, -0.2) is 41.2 Å². The van der Waals surface area contributed by atoms with Gasteiger partial charge >= 0.3 is 0 Å². The van der Waals surface area contributed by atoms with E-state index in [0.717, 1.165) is 48.4 Å². The molecule has 2 aromatic rings. The Morgan fingerprint density at radius 1 is 1.03 bits per heavy atom. The third-order valence-corrected chi connectivity index (χ3v) is 7.31. The topological polar surface area (TPSA) is 125 Å². The Kier molecular flexibility index (Phi) is 9.74. The first-order chi connectivity index (χ1) is 15.5. The third kappa shape index (κ3) is 5.02. The lowest BCUT2D eigenvalue weighted by Gasteiger charge is -2.44. The first-order valence-corrected chi connectivity index (χ1v) is 11.6. The molecule has 4 rings (SSSR count). The number of hydrogen-bond acceptors (Lipinski definition) is 4. The number of fused-ring (bicyclic) bond motifs is 1. The summed E-state index contributed by atoms with van der Waals surface area (Å²) in [7, 11) is 0. The number of nitrogens with one attached hydrogen (secondary N) is 2. The lowest BCUT2D eigenvalue weighted by atomic mass is 9.72. The fraction of sp³-hybridized carbons (Fsp3) is 0.480. The molecule has 0 spiro atoms. The zero-order chi connectivity index (χ0) is 22.7. The van der Waals surface area contributed by atoms with Crippen molar-refractivity contribution >= 4 is 53.2 Å². The molecule has 34 heavy (non-hydrogen) atoms. The summed E-state index contributed by atoms with van der Waals surface area (Å²) in [5.74, 6) is -0.0103. The fourth-order valence-corrected chi connectivity index (χ4v) is 5.80. The first-order valence-electron chi connectivity index (χ1n) is 11.6.